The van der Waals surface area contributed by atoms with Crippen LogP contribution in [0.15, 0.2) is 113 Å². The number of aliphatic carboxylic acids is 1. The molecule has 16 aliphatic rings. The summed E-state index contributed by atoms with van der Waals surface area (Å²) in [6.45, 7) is 16.5. The summed E-state index contributed by atoms with van der Waals surface area (Å²) in [7, 11) is 0. The van der Waals surface area contributed by atoms with Gasteiger partial charge in [0.1, 0.15) is 0 Å². The molecule has 3 spiro atoms. The van der Waals surface area contributed by atoms with E-state index in [0.717, 1.165) is 83.1 Å². The lowest BCUT2D eigenvalue weighted by Gasteiger charge is -2.74. The van der Waals surface area contributed by atoms with E-state index < -0.39 is 29.5 Å². The molecular weight excluding hydrogens is 981 g/mol. The average molecular weight is 1080 g/mol. The number of aliphatic hydroxyl groups excluding tert-OH is 2. The maximum Gasteiger partial charge on any atom is 0.306 e. The number of carboxylic acid groups (broad SMARTS) is 1. The Kier molecular flexibility index (Phi) is 13.3. The van der Waals surface area contributed by atoms with Gasteiger partial charge in [0.25, 0.3) is 0 Å². The van der Waals surface area contributed by atoms with Gasteiger partial charge in [0, 0.05) is 46.6 Å². The second-order valence-corrected chi connectivity index (χ2v) is 30.1. The van der Waals surface area contributed by atoms with E-state index in [2.05, 4.69) is 117 Å². The third-order valence-corrected chi connectivity index (χ3v) is 26.0. The van der Waals surface area contributed by atoms with Crippen molar-refractivity contribution in [2.75, 3.05) is 13.1 Å². The average Bonchev–Trinajstić information content (AvgIpc) is 2.03. The van der Waals surface area contributed by atoms with Crippen LogP contribution in [0, 0.1) is 79.8 Å². The molecule has 426 valence electrons. The van der Waals surface area contributed by atoms with Gasteiger partial charge in [-0.15, -0.1) is 0 Å². The minimum Gasteiger partial charge on any atom is -0.481 e. The second-order valence-electron chi connectivity index (χ2n) is 30.1. The molecule has 5 fully saturated rings. The van der Waals surface area contributed by atoms with Gasteiger partial charge in [0.05, 0.1) is 23.9 Å². The van der Waals surface area contributed by atoms with Crippen LogP contribution in [0.5, 0.6) is 0 Å². The van der Waals surface area contributed by atoms with E-state index in [9.17, 15) is 20.1 Å². The highest BCUT2D eigenvalue weighted by molar-refractivity contribution is 5.78. The lowest BCUT2D eigenvalue weighted by atomic mass is 9.29. The molecule has 2 aromatic rings. The first-order valence-electron chi connectivity index (χ1n) is 32.8. The number of rotatable bonds is 5. The summed E-state index contributed by atoms with van der Waals surface area (Å²) < 4.78 is 0. The van der Waals surface area contributed by atoms with Crippen molar-refractivity contribution in [3.05, 3.63) is 135 Å². The van der Waals surface area contributed by atoms with Gasteiger partial charge in [-0.05, 0) is 213 Å². The fourth-order valence-electron chi connectivity index (χ4n) is 22.9. The van der Waals surface area contributed by atoms with Gasteiger partial charge in [0.2, 0.25) is 0 Å². The number of hydrogen-bond donors (Lipinski definition) is 5. The van der Waals surface area contributed by atoms with Crippen LogP contribution in [0.1, 0.15) is 193 Å². The highest BCUT2D eigenvalue weighted by Gasteiger charge is 2.77. The molecule has 0 radical (unpaired) electrons. The van der Waals surface area contributed by atoms with Crippen molar-refractivity contribution < 1.29 is 20.1 Å². The second kappa shape index (κ2) is 19.9. The van der Waals surface area contributed by atoms with Crippen molar-refractivity contribution in [3.8, 4) is 0 Å². The zero-order valence-electron chi connectivity index (χ0n) is 49.3. The SMILES string of the molecule is C=C1CCC(C(=O)O)C2C(O)CC3(C4CCC5(CCCC5)C4)C4=C(CCC23C)C23CCC(O)C5(C)CC=C(CC(C)C)C(C=C6C(=c7ccccc7=CC62)Cc2cccc(c2)C2=CC=C(NCCCC1C1CCCCC1)NC2)(C4)C53. The lowest BCUT2D eigenvalue weighted by molar-refractivity contribution is -0.167. The molecule has 6 nitrogen and oxygen atoms in total. The summed E-state index contributed by atoms with van der Waals surface area (Å²) in [6, 6.07) is 18.8. The van der Waals surface area contributed by atoms with Crippen molar-refractivity contribution in [1.29, 1.82) is 0 Å². The maximum atomic E-state index is 14.5. The third kappa shape index (κ3) is 7.97. The normalized spacial score (nSPS) is 40.2. The number of benzene rings is 2. The molecule has 18 rings (SSSR count). The molecule has 80 heavy (non-hydrogen) atoms. The van der Waals surface area contributed by atoms with Gasteiger partial charge in [-0.3, -0.25) is 4.79 Å². The van der Waals surface area contributed by atoms with E-state index in [1.54, 1.807) is 16.7 Å². The first kappa shape index (κ1) is 53.6. The van der Waals surface area contributed by atoms with Crippen molar-refractivity contribution in [2.24, 2.45) is 79.8 Å². The lowest BCUT2D eigenvalue weighted by Crippen LogP contribution is -2.69. The molecule has 10 aliphatic carbocycles. The fourth-order valence-corrected chi connectivity index (χ4v) is 22.9. The first-order valence-corrected chi connectivity index (χ1v) is 32.8. The molecule has 6 heteroatoms. The number of allylic oxidation sites excluding steroid dienone is 9. The van der Waals surface area contributed by atoms with E-state index in [4.69, 9.17) is 6.58 Å². The minimum absolute atomic E-state index is 0.132. The Hall–Kier alpha value is -4.39. The molecule has 2 aromatic carbocycles. The number of aliphatic hydroxyl groups is 2. The summed E-state index contributed by atoms with van der Waals surface area (Å²) in [4.78, 5) is 14.5. The van der Waals surface area contributed by atoms with Crippen LogP contribution in [-0.4, -0.2) is 46.6 Å². The van der Waals surface area contributed by atoms with Gasteiger partial charge in [0.15, 0.2) is 0 Å². The number of fused-ring (bicyclic) bond motifs is 1. The minimum atomic E-state index is -0.713. The van der Waals surface area contributed by atoms with Gasteiger partial charge >= 0.3 is 5.97 Å². The van der Waals surface area contributed by atoms with Crippen LogP contribution < -0.4 is 21.1 Å². The van der Waals surface area contributed by atoms with Crippen LogP contribution >= 0.6 is 0 Å². The van der Waals surface area contributed by atoms with E-state index in [0.29, 0.717) is 48.3 Å². The molecule has 13 unspecified atom stereocenters. The number of carbonyl (C=O) groups is 1. The molecule has 0 saturated heterocycles. The van der Waals surface area contributed by atoms with Crippen molar-refractivity contribution in [1.82, 2.24) is 10.6 Å². The number of carboxylic acids is 1. The molecule has 6 heterocycles. The largest absolute Gasteiger partial charge is 0.481 e. The third-order valence-electron chi connectivity index (χ3n) is 26.0. The molecule has 0 aromatic heterocycles. The van der Waals surface area contributed by atoms with Crippen LogP contribution in [0.2, 0.25) is 0 Å². The Balaban J connectivity index is 1.000. The van der Waals surface area contributed by atoms with Gasteiger partial charge < -0.3 is 26.0 Å². The number of nitrogens with one attached hydrogen (secondary N) is 2. The Bertz CT molecular complexity index is 3140. The molecule has 14 bridgehead atoms. The van der Waals surface area contributed by atoms with E-state index in [1.165, 1.54) is 121 Å². The quantitative estimate of drug-likeness (QED) is 0.191. The summed E-state index contributed by atoms with van der Waals surface area (Å²) >= 11 is 0. The molecule has 0 amide bonds. The van der Waals surface area contributed by atoms with E-state index >= 15 is 0 Å². The zero-order chi connectivity index (χ0) is 55.0. The monoisotopic (exact) mass is 1080 g/mol. The van der Waals surface area contributed by atoms with Crippen LogP contribution in [0.3, 0.4) is 0 Å². The Morgan fingerprint density at radius 1 is 0.825 bits per heavy atom. The molecule has 5 N–H and O–H groups in total. The molecule has 6 aliphatic heterocycles. The highest BCUT2D eigenvalue weighted by Crippen LogP contribution is 2.83. The Morgan fingerprint density at radius 3 is 2.44 bits per heavy atom. The summed E-state index contributed by atoms with van der Waals surface area (Å²) in [5.41, 5.74) is 11.9. The first-order chi connectivity index (χ1) is 38.6. The van der Waals surface area contributed by atoms with Crippen LogP contribution in [-0.2, 0) is 11.2 Å². The summed E-state index contributed by atoms with van der Waals surface area (Å²) in [5, 5.41) is 48.5. The van der Waals surface area contributed by atoms with E-state index in [-0.39, 0.29) is 39.4 Å². The maximum absolute atomic E-state index is 14.5. The molecule has 5 saturated carbocycles. The van der Waals surface area contributed by atoms with Crippen LogP contribution in [0.25, 0.3) is 17.2 Å². The smallest absolute Gasteiger partial charge is 0.306 e. The van der Waals surface area contributed by atoms with Crippen molar-refractivity contribution >= 4 is 23.2 Å². The van der Waals surface area contributed by atoms with Crippen molar-refractivity contribution in [2.45, 2.75) is 200 Å². The Morgan fingerprint density at radius 2 is 1.65 bits per heavy atom. The van der Waals surface area contributed by atoms with Crippen LogP contribution in [0.4, 0.5) is 0 Å². The Labute approximate surface area is 479 Å². The number of hydrogen-bond acceptors (Lipinski definition) is 5. The molecule has 13 atom stereocenters. The standard InChI is InChI=1S/C74H96N2O4/c1-46(2)37-53-26-32-69(4)64(78)29-35-73-60-28-33-70(5)66-57(67(79)80)24-22-47(3)55(49-16-7-6-8-17-49)21-14-36-75-65-25-23-52(45-76-65)50-19-13-15-48(38-50)39-58-56-20-10-9-18-51(56)40-61(73)59(58)42-72(53,68(69)73)43-62(60)74(70,44-63(66)77)54-27-34-71(41-54)30-11-12-31-71/h9-10,13,15,18-20,23,25-26,38,40,42,46,49,54-55,57,61,63-64,66,68,75-78H,3,6-8,11-12,14,16-17,21-22,24,27-37,39,41,43-45H2,1-2,4-5H3,(H,79,80). The highest BCUT2D eigenvalue weighted by atomic mass is 16.4. The zero-order valence-corrected chi connectivity index (χ0v) is 49.3. The van der Waals surface area contributed by atoms with Gasteiger partial charge in [-0.25, -0.2) is 0 Å². The van der Waals surface area contributed by atoms with E-state index in [1.807, 2.05) is 0 Å². The van der Waals surface area contributed by atoms with Gasteiger partial charge in [-0.2, -0.15) is 0 Å². The topological polar surface area (TPSA) is 102 Å². The van der Waals surface area contributed by atoms with Gasteiger partial charge in [-0.1, -0.05) is 162 Å². The molecular formula is C74H96N2O4. The predicted octanol–water partition coefficient (Wildman–Crippen LogP) is 14.2. The predicted molar refractivity (Wildman–Crippen MR) is 324 cm³/mol. The summed E-state index contributed by atoms with van der Waals surface area (Å²) in [5.74, 6) is 1.55. The number of dihydropyridines is 1. The fraction of sp³-hybridized carbons (Fsp3) is 0.635. The summed E-state index contributed by atoms with van der Waals surface area (Å²) in [6.07, 6.45) is 38.3. The van der Waals surface area contributed by atoms with Crippen molar-refractivity contribution in [3.63, 3.8) is 0 Å².